The van der Waals surface area contributed by atoms with Gasteiger partial charge in [-0.15, -0.1) is 0 Å². The fourth-order valence-electron chi connectivity index (χ4n) is 2.23. The second kappa shape index (κ2) is 6.82. The van der Waals surface area contributed by atoms with Crippen LogP contribution in [0.4, 0.5) is 11.5 Å². The van der Waals surface area contributed by atoms with Gasteiger partial charge in [-0.25, -0.2) is 4.98 Å². The fourth-order valence-corrected chi connectivity index (χ4v) is 2.23. The van der Waals surface area contributed by atoms with Crippen LogP contribution in [0.3, 0.4) is 0 Å². The Bertz CT molecular complexity index is 670. The van der Waals surface area contributed by atoms with Crippen LogP contribution in [-0.2, 0) is 5.41 Å². The molecule has 0 saturated carbocycles. The monoisotopic (exact) mass is 311 g/mol. The molecule has 4 nitrogen and oxygen atoms in total. The molecule has 1 aromatic heterocycles. The molecule has 2 N–H and O–H groups in total. The maximum Gasteiger partial charge on any atom is 0.259 e. The van der Waals surface area contributed by atoms with E-state index in [1.54, 1.807) is 18.3 Å². The van der Waals surface area contributed by atoms with Gasteiger partial charge in [-0.1, -0.05) is 32.9 Å². The van der Waals surface area contributed by atoms with Crippen LogP contribution in [0, 0.1) is 0 Å². The van der Waals surface area contributed by atoms with Crippen molar-refractivity contribution in [3.63, 3.8) is 0 Å². The standard InChI is InChI=1S/C19H25N3O/c1-13(2)21-17-16(7-6-12-20-17)18(23)22-15-10-8-14(9-11-15)19(3,4)5/h6-13H,1-5H3,(H,20,21)(H,22,23). The normalized spacial score (nSPS) is 11.4. The van der Waals surface area contributed by atoms with Gasteiger partial charge in [-0.05, 0) is 49.1 Å². The predicted molar refractivity (Wildman–Crippen MR) is 96.1 cm³/mol. The lowest BCUT2D eigenvalue weighted by Crippen LogP contribution is -2.19. The number of carbonyl (C=O) groups excluding carboxylic acids is 1. The second-order valence-corrected chi connectivity index (χ2v) is 6.98. The second-order valence-electron chi connectivity index (χ2n) is 6.98. The molecule has 2 aromatic rings. The van der Waals surface area contributed by atoms with Gasteiger partial charge in [0, 0.05) is 17.9 Å². The van der Waals surface area contributed by atoms with E-state index in [9.17, 15) is 4.79 Å². The largest absolute Gasteiger partial charge is 0.367 e. The molecule has 1 amide bonds. The summed E-state index contributed by atoms with van der Waals surface area (Å²) in [4.78, 5) is 16.8. The summed E-state index contributed by atoms with van der Waals surface area (Å²) in [6, 6.07) is 11.7. The quantitative estimate of drug-likeness (QED) is 0.877. The summed E-state index contributed by atoms with van der Waals surface area (Å²) in [5.74, 6) is 0.441. The minimum Gasteiger partial charge on any atom is -0.367 e. The number of nitrogens with zero attached hydrogens (tertiary/aromatic N) is 1. The number of rotatable bonds is 4. The number of benzene rings is 1. The first-order valence-electron chi connectivity index (χ1n) is 7.91. The van der Waals surface area contributed by atoms with E-state index in [0.717, 1.165) is 5.69 Å². The molecule has 0 fully saturated rings. The van der Waals surface area contributed by atoms with Crippen molar-refractivity contribution in [1.29, 1.82) is 0 Å². The molecule has 0 aliphatic carbocycles. The molecule has 0 spiro atoms. The zero-order valence-electron chi connectivity index (χ0n) is 14.5. The molecular formula is C19H25N3O. The van der Waals surface area contributed by atoms with Gasteiger partial charge < -0.3 is 10.6 Å². The third kappa shape index (κ3) is 4.55. The van der Waals surface area contributed by atoms with Gasteiger partial charge in [0.25, 0.3) is 5.91 Å². The maximum absolute atomic E-state index is 12.5. The average molecular weight is 311 g/mol. The Morgan fingerprint density at radius 3 is 2.30 bits per heavy atom. The van der Waals surface area contributed by atoms with Crippen molar-refractivity contribution >= 4 is 17.4 Å². The summed E-state index contributed by atoms with van der Waals surface area (Å²) < 4.78 is 0. The van der Waals surface area contributed by atoms with Crippen molar-refractivity contribution in [3.05, 3.63) is 53.7 Å². The first-order chi connectivity index (χ1) is 10.8. The smallest absolute Gasteiger partial charge is 0.259 e. The van der Waals surface area contributed by atoms with Crippen molar-refractivity contribution in [2.24, 2.45) is 0 Å². The lowest BCUT2D eigenvalue weighted by atomic mass is 9.87. The highest BCUT2D eigenvalue weighted by Crippen LogP contribution is 2.24. The summed E-state index contributed by atoms with van der Waals surface area (Å²) >= 11 is 0. The zero-order valence-corrected chi connectivity index (χ0v) is 14.5. The highest BCUT2D eigenvalue weighted by Gasteiger charge is 2.15. The fraction of sp³-hybridized carbons (Fsp3) is 0.368. The van der Waals surface area contributed by atoms with Crippen LogP contribution < -0.4 is 10.6 Å². The van der Waals surface area contributed by atoms with Gasteiger partial charge >= 0.3 is 0 Å². The number of carbonyl (C=O) groups is 1. The van der Waals surface area contributed by atoms with Crippen molar-refractivity contribution in [3.8, 4) is 0 Å². The number of hydrogen-bond acceptors (Lipinski definition) is 3. The number of pyridine rings is 1. The van der Waals surface area contributed by atoms with E-state index in [1.807, 2.05) is 38.1 Å². The molecule has 2 rings (SSSR count). The average Bonchev–Trinajstić information content (AvgIpc) is 2.46. The van der Waals surface area contributed by atoms with Crippen LogP contribution >= 0.6 is 0 Å². The van der Waals surface area contributed by atoms with Gasteiger partial charge in [0.15, 0.2) is 0 Å². The Labute approximate surface area is 138 Å². The molecule has 122 valence electrons. The lowest BCUT2D eigenvalue weighted by molar-refractivity contribution is 0.102. The van der Waals surface area contributed by atoms with Crippen molar-refractivity contribution in [2.45, 2.75) is 46.1 Å². The molecule has 1 heterocycles. The summed E-state index contributed by atoms with van der Waals surface area (Å²) in [6.07, 6.45) is 1.68. The number of anilines is 2. The van der Waals surface area contributed by atoms with E-state index in [-0.39, 0.29) is 17.4 Å². The lowest BCUT2D eigenvalue weighted by Gasteiger charge is -2.19. The highest BCUT2D eigenvalue weighted by molar-refractivity contribution is 6.07. The molecular weight excluding hydrogens is 286 g/mol. The van der Waals surface area contributed by atoms with E-state index in [2.05, 4.69) is 36.4 Å². The molecule has 0 aliphatic rings. The Balaban J connectivity index is 2.16. The third-order valence-electron chi connectivity index (χ3n) is 3.49. The van der Waals surface area contributed by atoms with E-state index >= 15 is 0 Å². The summed E-state index contributed by atoms with van der Waals surface area (Å²) in [5.41, 5.74) is 2.66. The Hall–Kier alpha value is -2.36. The van der Waals surface area contributed by atoms with E-state index in [0.29, 0.717) is 11.4 Å². The first-order valence-corrected chi connectivity index (χ1v) is 7.91. The Kier molecular flexibility index (Phi) is 5.04. The minimum atomic E-state index is -0.162. The highest BCUT2D eigenvalue weighted by atomic mass is 16.1. The van der Waals surface area contributed by atoms with Crippen molar-refractivity contribution in [1.82, 2.24) is 4.98 Å². The number of hydrogen-bond donors (Lipinski definition) is 2. The van der Waals surface area contributed by atoms with E-state index in [1.165, 1.54) is 5.56 Å². The number of amides is 1. The van der Waals surface area contributed by atoms with Gasteiger partial charge in [0.05, 0.1) is 5.56 Å². The molecule has 0 bridgehead atoms. The summed E-state index contributed by atoms with van der Waals surface area (Å²) in [5, 5.41) is 6.13. The van der Waals surface area contributed by atoms with Gasteiger partial charge in [-0.3, -0.25) is 4.79 Å². The Morgan fingerprint density at radius 1 is 1.09 bits per heavy atom. The molecule has 1 aromatic carbocycles. The molecule has 0 unspecified atom stereocenters. The van der Waals surface area contributed by atoms with E-state index < -0.39 is 0 Å². The molecule has 4 heteroatoms. The zero-order chi connectivity index (χ0) is 17.0. The molecule has 0 radical (unpaired) electrons. The van der Waals surface area contributed by atoms with Crippen LogP contribution in [0.1, 0.15) is 50.5 Å². The minimum absolute atomic E-state index is 0.0975. The van der Waals surface area contributed by atoms with Crippen LogP contribution in [0.2, 0.25) is 0 Å². The molecule has 23 heavy (non-hydrogen) atoms. The van der Waals surface area contributed by atoms with Crippen LogP contribution in [0.15, 0.2) is 42.6 Å². The SMILES string of the molecule is CC(C)Nc1ncccc1C(=O)Nc1ccc(C(C)(C)C)cc1. The molecule has 0 atom stereocenters. The van der Waals surface area contributed by atoms with Gasteiger partial charge in [0.2, 0.25) is 0 Å². The Morgan fingerprint density at radius 2 is 1.74 bits per heavy atom. The van der Waals surface area contributed by atoms with Crippen LogP contribution in [0.5, 0.6) is 0 Å². The van der Waals surface area contributed by atoms with Crippen molar-refractivity contribution in [2.75, 3.05) is 10.6 Å². The van der Waals surface area contributed by atoms with E-state index in [4.69, 9.17) is 0 Å². The molecule has 0 aliphatic heterocycles. The number of aromatic nitrogens is 1. The topological polar surface area (TPSA) is 54.0 Å². The first kappa shape index (κ1) is 17.0. The van der Waals surface area contributed by atoms with Crippen LogP contribution in [-0.4, -0.2) is 16.9 Å². The maximum atomic E-state index is 12.5. The summed E-state index contributed by atoms with van der Waals surface area (Å²) in [6.45, 7) is 10.5. The third-order valence-corrected chi connectivity index (χ3v) is 3.49. The van der Waals surface area contributed by atoms with Crippen LogP contribution in [0.25, 0.3) is 0 Å². The number of nitrogens with one attached hydrogen (secondary N) is 2. The molecule has 0 saturated heterocycles. The van der Waals surface area contributed by atoms with Crippen molar-refractivity contribution < 1.29 is 4.79 Å². The van der Waals surface area contributed by atoms with Gasteiger partial charge in [-0.2, -0.15) is 0 Å². The van der Waals surface area contributed by atoms with Gasteiger partial charge in [0.1, 0.15) is 5.82 Å². The predicted octanol–water partition coefficient (Wildman–Crippen LogP) is 4.45. The summed E-state index contributed by atoms with van der Waals surface area (Å²) in [7, 11) is 0.